The normalized spacial score (nSPS) is 13.2. The molecule has 2 aliphatic heterocycles. The van der Waals surface area contributed by atoms with E-state index in [9.17, 15) is 0 Å². The SMILES string of the molecule is C1C[Si]2=[Zr]=[Si]1CC2.Cc1cc2c(-c3ccccc3)cccc2[cH-]1.Cc1cc2c(C(C)C)cc(C(C)C)cc2[cH-]1.[Cl-].[Cl-]. The molecule has 0 fully saturated rings. The van der Waals surface area contributed by atoms with Gasteiger partial charge in [0, 0.05) is 0 Å². The fraction of sp³-hybridized carbons (Fsp3) is 0.333. The van der Waals surface area contributed by atoms with E-state index in [0.29, 0.717) is 43.2 Å². The van der Waals surface area contributed by atoms with Crippen molar-refractivity contribution in [3.63, 3.8) is 0 Å². The van der Waals surface area contributed by atoms with Crippen LogP contribution >= 0.6 is 0 Å². The number of benzene rings is 3. The van der Waals surface area contributed by atoms with Gasteiger partial charge in [-0.2, -0.15) is 12.1 Å². The number of fused-ring (bicyclic) bond motifs is 2. The second-order valence-corrected chi connectivity index (χ2v) is 33.4. The van der Waals surface area contributed by atoms with Crippen molar-refractivity contribution in [2.75, 3.05) is 0 Å². The van der Waals surface area contributed by atoms with Gasteiger partial charge in [0.05, 0.1) is 0 Å². The van der Waals surface area contributed by atoms with E-state index in [1.807, 2.05) is 0 Å². The Labute approximate surface area is 271 Å². The van der Waals surface area contributed by atoms with E-state index in [0.717, 1.165) is 0 Å². The summed E-state index contributed by atoms with van der Waals surface area (Å²) in [4.78, 5) is 0. The summed E-state index contributed by atoms with van der Waals surface area (Å²) in [6.07, 6.45) is 0. The molecule has 2 aliphatic rings. The zero-order chi connectivity index (χ0) is 27.5. The van der Waals surface area contributed by atoms with E-state index in [1.54, 1.807) is 24.2 Å². The summed E-state index contributed by atoms with van der Waals surface area (Å²) in [6, 6.07) is 38.0. The second kappa shape index (κ2) is 15.5. The van der Waals surface area contributed by atoms with E-state index in [4.69, 9.17) is 0 Å². The molecule has 216 valence electrons. The summed E-state index contributed by atoms with van der Waals surface area (Å²) in [5.74, 6) is 1.21. The molecular weight excluding hydrogens is 651 g/mol. The Kier molecular flexibility index (Phi) is 12.9. The van der Waals surface area contributed by atoms with Crippen LogP contribution in [0.5, 0.6) is 0 Å². The van der Waals surface area contributed by atoms with Gasteiger partial charge in [0.2, 0.25) is 0 Å². The molecule has 0 saturated heterocycles. The molecule has 41 heavy (non-hydrogen) atoms. The van der Waals surface area contributed by atoms with Crippen molar-refractivity contribution in [3.05, 3.63) is 107 Å². The average Bonchev–Trinajstić information content (AvgIpc) is 3.72. The van der Waals surface area contributed by atoms with E-state index in [-0.39, 0.29) is 24.8 Å². The average molecular weight is 693 g/mol. The molecule has 0 saturated carbocycles. The fourth-order valence-electron chi connectivity index (χ4n) is 5.94. The van der Waals surface area contributed by atoms with Gasteiger partial charge < -0.3 is 24.8 Å². The molecule has 2 heterocycles. The summed E-state index contributed by atoms with van der Waals surface area (Å²) in [5, 5.41) is 5.54. The van der Waals surface area contributed by atoms with Gasteiger partial charge in [-0.25, -0.2) is 0 Å². The van der Waals surface area contributed by atoms with Gasteiger partial charge in [-0.15, -0.1) is 63.0 Å². The van der Waals surface area contributed by atoms with Gasteiger partial charge in [-0.05, 0) is 17.4 Å². The molecule has 5 heteroatoms. The van der Waals surface area contributed by atoms with E-state index >= 15 is 0 Å². The molecule has 0 nitrogen and oxygen atoms in total. The van der Waals surface area contributed by atoms with E-state index in [1.165, 1.54) is 54.9 Å². The number of aryl methyl sites for hydroxylation is 2. The van der Waals surface area contributed by atoms with Crippen LogP contribution in [0.2, 0.25) is 24.2 Å². The Morgan fingerprint density at radius 1 is 0.634 bits per heavy atom. The molecule has 0 radical (unpaired) electrons. The van der Waals surface area contributed by atoms with Crippen molar-refractivity contribution in [1.29, 1.82) is 0 Å². The molecule has 0 aliphatic carbocycles. The molecule has 0 spiro atoms. The topological polar surface area (TPSA) is 0 Å². The van der Waals surface area contributed by atoms with Crippen LogP contribution in [0.1, 0.15) is 61.8 Å². The molecular formula is C36H42Cl2Si2Zr-4. The number of rotatable bonds is 3. The first-order valence-corrected chi connectivity index (χ1v) is 25.9. The molecule has 0 aromatic heterocycles. The van der Waals surface area contributed by atoms with Crippen molar-refractivity contribution >= 4 is 32.4 Å². The third-order valence-electron chi connectivity index (χ3n) is 8.10. The third-order valence-corrected chi connectivity index (χ3v) is 38.4. The fourth-order valence-corrected chi connectivity index (χ4v) is 48.5. The molecule has 0 atom stereocenters. The van der Waals surface area contributed by atoms with Crippen LogP contribution < -0.4 is 24.8 Å². The summed E-state index contributed by atoms with van der Waals surface area (Å²) in [7, 11) is 0. The quantitative estimate of drug-likeness (QED) is 0.190. The molecule has 7 rings (SSSR count). The molecule has 0 unspecified atom stereocenters. The van der Waals surface area contributed by atoms with Crippen molar-refractivity contribution in [1.82, 2.24) is 0 Å². The van der Waals surface area contributed by atoms with Gasteiger partial charge in [0.1, 0.15) is 0 Å². The van der Waals surface area contributed by atoms with Crippen molar-refractivity contribution in [3.8, 4) is 11.1 Å². The van der Waals surface area contributed by atoms with Crippen LogP contribution in [0.25, 0.3) is 32.7 Å². The van der Waals surface area contributed by atoms with Crippen LogP contribution in [0.4, 0.5) is 0 Å². The summed E-state index contributed by atoms with van der Waals surface area (Å²) >= 11 is 0.465. The van der Waals surface area contributed by atoms with Gasteiger partial charge in [0.15, 0.2) is 0 Å². The predicted octanol–water partition coefficient (Wildman–Crippen LogP) is 4.74. The molecule has 5 aromatic rings. The van der Waals surface area contributed by atoms with Crippen LogP contribution in [-0.4, -0.2) is 10.9 Å². The maximum atomic E-state index is 2.39. The molecule has 0 amide bonds. The maximum absolute atomic E-state index is 2.39. The first kappa shape index (κ1) is 34.3. The van der Waals surface area contributed by atoms with Gasteiger partial charge in [-0.3, -0.25) is 0 Å². The van der Waals surface area contributed by atoms with Crippen molar-refractivity contribution in [2.24, 2.45) is 0 Å². The zero-order valence-corrected chi connectivity index (χ0v) is 31.3. The minimum absolute atomic E-state index is 0. The number of hydrogen-bond donors (Lipinski definition) is 0. The first-order chi connectivity index (χ1) is 18.8. The van der Waals surface area contributed by atoms with E-state index < -0.39 is 0 Å². The molecule has 2 bridgehead atoms. The Bertz CT molecular complexity index is 1640. The standard InChI is InChI=1S/C16H13.C16H21.C4H8Si2.2ClH.Zr/c1-12-10-14-8-5-9-15(16(14)11-12)13-6-3-2-4-7-13;1-10(2)13-8-14-6-12(5)7-16(14)15(9-13)11(3)4;1-2-6-4-3-5-1;;;/h2-11H,1H3;6-11H,1-5H3;1-4H2;2*1H;/q2*-1;;;;/p-2. The van der Waals surface area contributed by atoms with Crippen molar-refractivity contribution in [2.45, 2.75) is 77.6 Å². The maximum Gasteiger partial charge on any atom is -0.0279 e. The van der Waals surface area contributed by atoms with Crippen LogP contribution in [0.15, 0.2) is 84.9 Å². The van der Waals surface area contributed by atoms with Gasteiger partial charge in [0.25, 0.3) is 0 Å². The second-order valence-electron chi connectivity index (χ2n) is 12.0. The summed E-state index contributed by atoms with van der Waals surface area (Å²) < 4.78 is 0. The number of hydrogen-bond acceptors (Lipinski definition) is 0. The Morgan fingerprint density at radius 2 is 1.22 bits per heavy atom. The number of halogens is 2. The van der Waals surface area contributed by atoms with Crippen molar-refractivity contribution < 1.29 is 45.3 Å². The van der Waals surface area contributed by atoms with Crippen LogP contribution in [0.3, 0.4) is 0 Å². The molecule has 0 N–H and O–H groups in total. The van der Waals surface area contributed by atoms with Gasteiger partial charge >= 0.3 is 55.5 Å². The van der Waals surface area contributed by atoms with Crippen LogP contribution in [-0.2, 0) is 20.5 Å². The Hall–Kier alpha value is -1.22. The predicted molar refractivity (Wildman–Crippen MR) is 173 cm³/mol. The van der Waals surface area contributed by atoms with E-state index in [2.05, 4.69) is 126 Å². The Morgan fingerprint density at radius 3 is 1.76 bits per heavy atom. The van der Waals surface area contributed by atoms with Gasteiger partial charge in [-0.1, -0.05) is 101 Å². The van der Waals surface area contributed by atoms with Crippen LogP contribution in [0, 0.1) is 13.8 Å². The first-order valence-electron chi connectivity index (χ1n) is 14.7. The Balaban J connectivity index is 0.000000176. The summed E-state index contributed by atoms with van der Waals surface area (Å²) in [6.45, 7) is 13.4. The smallest absolute Gasteiger partial charge is 0.0279 e. The monoisotopic (exact) mass is 690 g/mol. The molecule has 5 aromatic carbocycles. The minimum atomic E-state index is 0. The third kappa shape index (κ3) is 8.45. The minimum Gasteiger partial charge on any atom is -1.00 e. The largest absolute Gasteiger partial charge is 1.00 e. The zero-order valence-electron chi connectivity index (χ0n) is 25.3. The summed E-state index contributed by atoms with van der Waals surface area (Å²) in [5.41, 5.74) is 9.35.